The van der Waals surface area contributed by atoms with Gasteiger partial charge in [0.2, 0.25) is 0 Å². The van der Waals surface area contributed by atoms with Crippen molar-refractivity contribution in [2.45, 2.75) is 50.0 Å². The number of amides is 2. The Morgan fingerprint density at radius 3 is 2.37 bits per heavy atom. The molecule has 3 aliphatic rings. The van der Waals surface area contributed by atoms with Crippen molar-refractivity contribution in [1.82, 2.24) is 23.9 Å². The fraction of sp³-hybridized carbons (Fsp3) is 0.394. The number of piperidine rings is 1. The lowest BCUT2D eigenvalue weighted by Gasteiger charge is -2.38. The maximum Gasteiger partial charge on any atom is 0.407 e. The molecule has 2 aliphatic heterocycles. The molecule has 1 saturated carbocycles. The van der Waals surface area contributed by atoms with Crippen LogP contribution in [0.5, 0.6) is 0 Å². The van der Waals surface area contributed by atoms with Crippen molar-refractivity contribution in [3.63, 3.8) is 0 Å². The molecule has 2 saturated heterocycles. The Bertz CT molecular complexity index is 1850. The minimum absolute atomic E-state index is 0.0282. The van der Waals surface area contributed by atoms with Gasteiger partial charge in [0.1, 0.15) is 11.5 Å². The second-order valence-corrected chi connectivity index (χ2v) is 13.3. The van der Waals surface area contributed by atoms with Gasteiger partial charge in [-0.1, -0.05) is 35.3 Å². The molecular weight excluding hydrogens is 633 g/mol. The lowest BCUT2D eigenvalue weighted by atomic mass is 9.91. The van der Waals surface area contributed by atoms with Crippen molar-refractivity contribution in [2.24, 2.45) is 5.92 Å². The zero-order valence-electron chi connectivity index (χ0n) is 24.9. The molecule has 2 aromatic carbocycles. The van der Waals surface area contributed by atoms with Crippen LogP contribution in [-0.2, 0) is 11.3 Å². The van der Waals surface area contributed by atoms with Crippen LogP contribution in [-0.4, -0.2) is 84.1 Å². The van der Waals surface area contributed by atoms with E-state index in [-0.39, 0.29) is 24.1 Å². The van der Waals surface area contributed by atoms with Gasteiger partial charge >= 0.3 is 6.09 Å². The minimum Gasteiger partial charge on any atom is -0.465 e. The molecule has 0 radical (unpaired) electrons. The maximum absolute atomic E-state index is 13.6. The number of rotatable bonds is 6. The van der Waals surface area contributed by atoms with Crippen LogP contribution in [0.15, 0.2) is 65.7 Å². The Balaban J connectivity index is 1.06. The van der Waals surface area contributed by atoms with Crippen LogP contribution < -0.4 is 5.56 Å². The average Bonchev–Trinajstić information content (AvgIpc) is 3.85. The van der Waals surface area contributed by atoms with Crippen molar-refractivity contribution in [2.75, 3.05) is 26.2 Å². The van der Waals surface area contributed by atoms with E-state index in [0.29, 0.717) is 77.5 Å². The average molecular weight is 667 g/mol. The molecule has 4 heterocycles. The number of ether oxygens (including phenoxy) is 1. The number of hydrogen-bond donors (Lipinski definition) is 2. The molecule has 3 fully saturated rings. The van der Waals surface area contributed by atoms with E-state index in [4.69, 9.17) is 27.9 Å². The smallest absolute Gasteiger partial charge is 0.407 e. The van der Waals surface area contributed by atoms with Gasteiger partial charge in [0.25, 0.3) is 11.5 Å². The molecule has 0 unspecified atom stereocenters. The number of hydrogen-bond acceptors (Lipinski definition) is 6. The summed E-state index contributed by atoms with van der Waals surface area (Å²) in [5, 5.41) is 22.4. The normalized spacial score (nSPS) is 21.5. The zero-order chi connectivity index (χ0) is 32.2. The van der Waals surface area contributed by atoms with E-state index in [0.717, 1.165) is 18.4 Å². The summed E-state index contributed by atoms with van der Waals surface area (Å²) in [4.78, 5) is 46.2. The third-order valence-electron chi connectivity index (χ3n) is 9.43. The SMILES string of the molecule is O=C(c1ccc(Cl)cc1)N1CCC(O)(Cn2cnc3c(cc(Cl)n3-c3ccc([C@H]4CO[C@H](C5CC5)CN4C(=O)O)cc3)c2=O)CC1. The lowest BCUT2D eigenvalue weighted by molar-refractivity contribution is -0.0639. The first-order chi connectivity index (χ1) is 22.1. The lowest BCUT2D eigenvalue weighted by Crippen LogP contribution is -2.49. The van der Waals surface area contributed by atoms with E-state index in [1.54, 1.807) is 39.8 Å². The fourth-order valence-corrected chi connectivity index (χ4v) is 7.00. The van der Waals surface area contributed by atoms with E-state index in [1.165, 1.54) is 15.8 Å². The molecule has 0 bridgehead atoms. The maximum atomic E-state index is 13.6. The van der Waals surface area contributed by atoms with E-state index in [2.05, 4.69) is 4.98 Å². The fourth-order valence-electron chi connectivity index (χ4n) is 6.59. The van der Waals surface area contributed by atoms with Crippen molar-refractivity contribution >= 4 is 46.2 Å². The predicted octanol–water partition coefficient (Wildman–Crippen LogP) is 4.99. The van der Waals surface area contributed by atoms with Crippen molar-refractivity contribution in [3.8, 4) is 5.69 Å². The largest absolute Gasteiger partial charge is 0.465 e. The van der Waals surface area contributed by atoms with Crippen LogP contribution in [0.4, 0.5) is 4.79 Å². The van der Waals surface area contributed by atoms with Gasteiger partial charge in [-0.2, -0.15) is 0 Å². The van der Waals surface area contributed by atoms with Crippen LogP contribution >= 0.6 is 23.2 Å². The number of morpholine rings is 1. The summed E-state index contributed by atoms with van der Waals surface area (Å²) in [7, 11) is 0. The number of carboxylic acid groups (broad SMARTS) is 1. The van der Waals surface area contributed by atoms with Gasteiger partial charge in [-0.05, 0) is 79.6 Å². The molecule has 4 aromatic rings. The number of halogens is 2. The van der Waals surface area contributed by atoms with Gasteiger partial charge in [-0.15, -0.1) is 0 Å². The Labute approximate surface area is 274 Å². The summed E-state index contributed by atoms with van der Waals surface area (Å²) in [6.45, 7) is 1.37. The van der Waals surface area contributed by atoms with Crippen LogP contribution in [0.1, 0.15) is 47.6 Å². The number of benzene rings is 2. The molecule has 0 spiro atoms. The highest BCUT2D eigenvalue weighted by Crippen LogP contribution is 2.39. The molecule has 2 N–H and O–H groups in total. The van der Waals surface area contributed by atoms with Crippen LogP contribution in [0.3, 0.4) is 0 Å². The van der Waals surface area contributed by atoms with Gasteiger partial charge in [0.05, 0.1) is 42.8 Å². The number of aromatic nitrogens is 3. The first kappa shape index (κ1) is 30.7. The highest BCUT2D eigenvalue weighted by atomic mass is 35.5. The molecule has 1 aliphatic carbocycles. The zero-order valence-corrected chi connectivity index (χ0v) is 26.4. The number of aliphatic hydroxyl groups is 1. The van der Waals surface area contributed by atoms with E-state index in [1.807, 2.05) is 24.3 Å². The predicted molar refractivity (Wildman–Crippen MR) is 172 cm³/mol. The van der Waals surface area contributed by atoms with Crippen molar-refractivity contribution in [3.05, 3.63) is 92.6 Å². The topological polar surface area (TPSA) is 130 Å². The molecule has 11 nitrogen and oxygen atoms in total. The quantitative estimate of drug-likeness (QED) is 0.297. The van der Waals surface area contributed by atoms with E-state index < -0.39 is 17.7 Å². The van der Waals surface area contributed by atoms with Crippen LogP contribution in [0.25, 0.3) is 16.7 Å². The van der Waals surface area contributed by atoms with Crippen molar-refractivity contribution in [1.29, 1.82) is 0 Å². The molecular formula is C33H33Cl2N5O6. The molecule has 240 valence electrons. The van der Waals surface area contributed by atoms with Gasteiger partial charge in [-0.25, -0.2) is 9.78 Å². The van der Waals surface area contributed by atoms with Gasteiger partial charge in [0, 0.05) is 29.4 Å². The molecule has 7 rings (SSSR count). The number of carbonyl (C=O) groups excluding carboxylic acids is 1. The van der Waals surface area contributed by atoms with Gasteiger partial charge < -0.3 is 19.8 Å². The molecule has 2 aromatic heterocycles. The third kappa shape index (κ3) is 5.88. The first-order valence-electron chi connectivity index (χ1n) is 15.4. The molecule has 46 heavy (non-hydrogen) atoms. The van der Waals surface area contributed by atoms with Crippen LogP contribution in [0.2, 0.25) is 10.2 Å². The van der Waals surface area contributed by atoms with E-state index in [9.17, 15) is 24.6 Å². The summed E-state index contributed by atoms with van der Waals surface area (Å²) in [6, 6.07) is 15.2. The second-order valence-electron chi connectivity index (χ2n) is 12.5. The molecule has 2 amide bonds. The summed E-state index contributed by atoms with van der Waals surface area (Å²) < 4.78 is 9.09. The Morgan fingerprint density at radius 1 is 1.02 bits per heavy atom. The molecule has 13 heteroatoms. The summed E-state index contributed by atoms with van der Waals surface area (Å²) >= 11 is 12.6. The van der Waals surface area contributed by atoms with Crippen LogP contribution in [0, 0.1) is 5.92 Å². The van der Waals surface area contributed by atoms with E-state index >= 15 is 0 Å². The monoisotopic (exact) mass is 665 g/mol. The second kappa shape index (κ2) is 12.0. The minimum atomic E-state index is -1.19. The number of likely N-dealkylation sites (tertiary alicyclic amines) is 1. The van der Waals surface area contributed by atoms with Gasteiger partial charge in [0.15, 0.2) is 5.65 Å². The summed E-state index contributed by atoms with van der Waals surface area (Å²) in [6.07, 6.45) is 3.16. The molecule has 2 atom stereocenters. The highest BCUT2D eigenvalue weighted by molar-refractivity contribution is 6.31. The highest BCUT2D eigenvalue weighted by Gasteiger charge is 2.41. The Hall–Kier alpha value is -3.90. The number of fused-ring (bicyclic) bond motifs is 1. The standard InChI is InChI=1S/C33H33Cl2N5O6/c34-23-7-3-22(4-8-23)30(41)37-13-11-33(45,12-14-37)18-38-19-36-29-25(31(38)42)15-28(35)40(29)24-9-5-20(6-10-24)26-17-46-27(21-1-2-21)16-39(26)32(43)44/h3-10,15,19,21,26-27,45H,1-2,11-14,16-18H2,(H,43,44)/t26-,27+/m1/s1. The van der Waals surface area contributed by atoms with Gasteiger partial charge in [-0.3, -0.25) is 23.6 Å². The number of nitrogens with zero attached hydrogens (tertiary/aromatic N) is 5. The first-order valence-corrected chi connectivity index (χ1v) is 16.1. The van der Waals surface area contributed by atoms with Crippen molar-refractivity contribution < 1.29 is 24.5 Å². The Morgan fingerprint density at radius 2 is 1.72 bits per heavy atom. The third-order valence-corrected chi connectivity index (χ3v) is 9.96. The summed E-state index contributed by atoms with van der Waals surface area (Å²) in [5.41, 5.74) is 0.844. The summed E-state index contributed by atoms with van der Waals surface area (Å²) in [5.74, 6) is 0.315. The number of carbonyl (C=O) groups is 2. The Kier molecular flexibility index (Phi) is 8.04.